The highest BCUT2D eigenvalue weighted by molar-refractivity contribution is 7.14. The summed E-state index contributed by atoms with van der Waals surface area (Å²) in [4.78, 5) is 40.3. The number of ether oxygens (including phenoxy) is 1. The number of hydrogen-bond acceptors (Lipinski definition) is 6. The minimum absolute atomic E-state index is 0.165. The average Bonchev–Trinajstić information content (AvgIpc) is 3.21. The molecule has 0 fully saturated rings. The van der Waals surface area contributed by atoms with Gasteiger partial charge in [-0.15, -0.1) is 11.3 Å². The highest BCUT2D eigenvalue weighted by Gasteiger charge is 2.11. The van der Waals surface area contributed by atoms with E-state index < -0.39 is 5.97 Å². The molecule has 154 valence electrons. The molecular formula is C22H21N3O4S. The van der Waals surface area contributed by atoms with E-state index in [-0.39, 0.29) is 18.2 Å². The number of carbonyl (C=O) groups excluding carboxylic acids is 3. The number of hydrogen-bond donors (Lipinski definition) is 2. The molecule has 0 atom stereocenters. The summed E-state index contributed by atoms with van der Waals surface area (Å²) in [5.41, 5.74) is 2.32. The average molecular weight is 423 g/mol. The Bertz CT molecular complexity index is 1020. The zero-order valence-corrected chi connectivity index (χ0v) is 17.2. The minimum Gasteiger partial charge on any atom is -0.462 e. The van der Waals surface area contributed by atoms with Crippen molar-refractivity contribution in [1.29, 1.82) is 0 Å². The van der Waals surface area contributed by atoms with Crippen LogP contribution in [0.3, 0.4) is 0 Å². The van der Waals surface area contributed by atoms with Crippen LogP contribution < -0.4 is 10.6 Å². The largest absolute Gasteiger partial charge is 0.462 e. The maximum Gasteiger partial charge on any atom is 0.338 e. The zero-order chi connectivity index (χ0) is 21.3. The van der Waals surface area contributed by atoms with Crippen LogP contribution in [0.1, 0.15) is 39.8 Å². The maximum absolute atomic E-state index is 12.2. The van der Waals surface area contributed by atoms with Gasteiger partial charge in [-0.2, -0.15) is 0 Å². The molecule has 0 bridgehead atoms. The predicted molar refractivity (Wildman–Crippen MR) is 116 cm³/mol. The Hall–Kier alpha value is -3.52. The molecule has 1 heterocycles. The van der Waals surface area contributed by atoms with E-state index in [9.17, 15) is 14.4 Å². The molecule has 8 heteroatoms. The monoisotopic (exact) mass is 423 g/mol. The van der Waals surface area contributed by atoms with Crippen molar-refractivity contribution in [2.45, 2.75) is 19.8 Å². The number of anilines is 2. The third-order valence-electron chi connectivity index (χ3n) is 4.10. The number of amides is 2. The van der Waals surface area contributed by atoms with Gasteiger partial charge in [0.25, 0.3) is 5.91 Å². The van der Waals surface area contributed by atoms with E-state index in [1.807, 2.05) is 11.4 Å². The first-order valence-corrected chi connectivity index (χ1v) is 10.3. The summed E-state index contributed by atoms with van der Waals surface area (Å²) in [5.74, 6) is -0.781. The molecule has 0 unspecified atom stereocenters. The number of carbonyl (C=O) groups is 3. The van der Waals surface area contributed by atoms with E-state index in [1.54, 1.807) is 55.5 Å². The molecular weight excluding hydrogens is 402 g/mol. The second-order valence-corrected chi connectivity index (χ2v) is 7.17. The highest BCUT2D eigenvalue weighted by Crippen LogP contribution is 2.18. The Morgan fingerprint density at radius 2 is 1.70 bits per heavy atom. The van der Waals surface area contributed by atoms with Gasteiger partial charge < -0.3 is 10.1 Å². The fraction of sp³-hybridized carbons (Fsp3) is 0.182. The highest BCUT2D eigenvalue weighted by atomic mass is 32.1. The van der Waals surface area contributed by atoms with Crippen LogP contribution in [0.2, 0.25) is 0 Å². The summed E-state index contributed by atoms with van der Waals surface area (Å²) in [7, 11) is 0. The van der Waals surface area contributed by atoms with Crippen LogP contribution >= 0.6 is 11.3 Å². The standard InChI is InChI=1S/C22H21N3O4S/c1-2-29-21(28)16-8-10-17(11-9-16)23-19(26)13-12-18-14-30-22(24-18)25-20(27)15-6-4-3-5-7-15/h3-11,14H,2,12-13H2,1H3,(H,23,26)(H,24,25,27). The quantitative estimate of drug-likeness (QED) is 0.531. The van der Waals surface area contributed by atoms with Crippen molar-refractivity contribution in [3.8, 4) is 0 Å². The molecule has 2 aromatic carbocycles. The molecule has 2 amide bonds. The molecule has 0 aliphatic carbocycles. The lowest BCUT2D eigenvalue weighted by Gasteiger charge is -2.06. The summed E-state index contributed by atoms with van der Waals surface area (Å²) in [6, 6.07) is 15.4. The van der Waals surface area contributed by atoms with Gasteiger partial charge in [0.2, 0.25) is 5.91 Å². The van der Waals surface area contributed by atoms with Crippen molar-refractivity contribution in [1.82, 2.24) is 4.98 Å². The van der Waals surface area contributed by atoms with Crippen LogP contribution in [-0.2, 0) is 16.0 Å². The molecule has 7 nitrogen and oxygen atoms in total. The van der Waals surface area contributed by atoms with Gasteiger partial charge >= 0.3 is 5.97 Å². The van der Waals surface area contributed by atoms with Crippen molar-refractivity contribution >= 4 is 39.9 Å². The van der Waals surface area contributed by atoms with E-state index in [4.69, 9.17) is 4.74 Å². The molecule has 0 aliphatic rings. The Morgan fingerprint density at radius 1 is 0.967 bits per heavy atom. The molecule has 0 spiro atoms. The molecule has 30 heavy (non-hydrogen) atoms. The lowest BCUT2D eigenvalue weighted by atomic mass is 10.2. The van der Waals surface area contributed by atoms with E-state index >= 15 is 0 Å². The maximum atomic E-state index is 12.2. The third kappa shape index (κ3) is 5.99. The summed E-state index contributed by atoms with van der Waals surface area (Å²) in [6.45, 7) is 2.06. The fourth-order valence-corrected chi connectivity index (χ4v) is 3.35. The Balaban J connectivity index is 1.47. The topological polar surface area (TPSA) is 97.4 Å². The van der Waals surface area contributed by atoms with E-state index in [1.165, 1.54) is 11.3 Å². The van der Waals surface area contributed by atoms with Gasteiger partial charge in [0, 0.05) is 23.1 Å². The van der Waals surface area contributed by atoms with Crippen LogP contribution in [0.15, 0.2) is 60.0 Å². The summed E-state index contributed by atoms with van der Waals surface area (Å²) in [6.07, 6.45) is 0.694. The van der Waals surface area contributed by atoms with E-state index in [0.717, 1.165) is 5.69 Å². The molecule has 0 saturated carbocycles. The van der Waals surface area contributed by atoms with Crippen molar-refractivity contribution in [3.05, 3.63) is 76.8 Å². The van der Waals surface area contributed by atoms with Gasteiger partial charge in [-0.05, 0) is 49.7 Å². The van der Waals surface area contributed by atoms with Crippen molar-refractivity contribution in [2.75, 3.05) is 17.2 Å². The predicted octanol–water partition coefficient (Wildman–Crippen LogP) is 4.14. The second kappa shape index (κ2) is 10.3. The number of aryl methyl sites for hydroxylation is 1. The van der Waals surface area contributed by atoms with Crippen molar-refractivity contribution < 1.29 is 19.1 Å². The van der Waals surface area contributed by atoms with Gasteiger partial charge in [0.15, 0.2) is 5.13 Å². The number of esters is 1. The van der Waals surface area contributed by atoms with Crippen molar-refractivity contribution in [3.63, 3.8) is 0 Å². The SMILES string of the molecule is CCOC(=O)c1ccc(NC(=O)CCc2csc(NC(=O)c3ccccc3)n2)cc1. The number of thiazole rings is 1. The first kappa shape index (κ1) is 21.2. The molecule has 2 N–H and O–H groups in total. The Kier molecular flexibility index (Phi) is 7.29. The van der Waals surface area contributed by atoms with Crippen LogP contribution in [0.5, 0.6) is 0 Å². The zero-order valence-electron chi connectivity index (χ0n) is 16.4. The fourth-order valence-electron chi connectivity index (χ4n) is 2.61. The van der Waals surface area contributed by atoms with Gasteiger partial charge in [-0.25, -0.2) is 9.78 Å². The first-order valence-electron chi connectivity index (χ1n) is 9.43. The summed E-state index contributed by atoms with van der Waals surface area (Å²) >= 11 is 1.32. The number of aromatic nitrogens is 1. The van der Waals surface area contributed by atoms with Gasteiger partial charge in [-0.3, -0.25) is 14.9 Å². The summed E-state index contributed by atoms with van der Waals surface area (Å²) < 4.78 is 4.93. The molecule has 0 radical (unpaired) electrons. The van der Waals surface area contributed by atoms with Gasteiger partial charge in [0.1, 0.15) is 0 Å². The lowest BCUT2D eigenvalue weighted by Crippen LogP contribution is -2.13. The number of rotatable bonds is 8. The smallest absolute Gasteiger partial charge is 0.338 e. The van der Waals surface area contributed by atoms with Crippen molar-refractivity contribution in [2.24, 2.45) is 0 Å². The minimum atomic E-state index is -0.394. The number of nitrogens with zero attached hydrogens (tertiary/aromatic N) is 1. The Labute approximate surface area is 178 Å². The van der Waals surface area contributed by atoms with Crippen LogP contribution in [0.25, 0.3) is 0 Å². The Morgan fingerprint density at radius 3 is 2.40 bits per heavy atom. The normalized spacial score (nSPS) is 10.3. The van der Waals surface area contributed by atoms with Gasteiger partial charge in [-0.1, -0.05) is 18.2 Å². The van der Waals surface area contributed by atoms with Crippen LogP contribution in [0.4, 0.5) is 10.8 Å². The van der Waals surface area contributed by atoms with Crippen LogP contribution in [0, 0.1) is 0 Å². The van der Waals surface area contributed by atoms with E-state index in [2.05, 4.69) is 15.6 Å². The molecule has 3 aromatic rings. The molecule has 3 rings (SSSR count). The third-order valence-corrected chi connectivity index (χ3v) is 4.90. The first-order chi connectivity index (χ1) is 14.5. The summed E-state index contributed by atoms with van der Waals surface area (Å²) in [5, 5.41) is 7.86. The van der Waals surface area contributed by atoms with Gasteiger partial charge in [0.05, 0.1) is 17.9 Å². The van der Waals surface area contributed by atoms with E-state index in [0.29, 0.717) is 35.0 Å². The molecule has 0 saturated heterocycles. The lowest BCUT2D eigenvalue weighted by molar-refractivity contribution is -0.116. The molecule has 0 aliphatic heterocycles. The number of nitrogens with one attached hydrogen (secondary N) is 2. The van der Waals surface area contributed by atoms with Crippen LogP contribution in [-0.4, -0.2) is 29.4 Å². The second-order valence-electron chi connectivity index (χ2n) is 6.31. The number of benzene rings is 2. The molecule has 1 aromatic heterocycles.